The van der Waals surface area contributed by atoms with Crippen LogP contribution in [0.2, 0.25) is 0 Å². The molecule has 3 heteroatoms. The number of nitriles is 1. The molecule has 1 aliphatic rings. The summed E-state index contributed by atoms with van der Waals surface area (Å²) in [6.45, 7) is 2.23. The van der Waals surface area contributed by atoms with Crippen LogP contribution in [0.25, 0.3) is 0 Å². The summed E-state index contributed by atoms with van der Waals surface area (Å²) in [5, 5.41) is 18.1. The lowest BCUT2D eigenvalue weighted by atomic mass is 9.94. The minimum atomic E-state index is 0.262. The minimum Gasteiger partial charge on any atom is -0.396 e. The lowest BCUT2D eigenvalue weighted by Gasteiger charge is -2.34. The van der Waals surface area contributed by atoms with Crippen LogP contribution in [0, 0.1) is 17.2 Å². The maximum Gasteiger partial charge on any atom is 0.101 e. The predicted octanol–water partition coefficient (Wildman–Crippen LogP) is 2.16. The van der Waals surface area contributed by atoms with Crippen LogP contribution in [0.1, 0.15) is 24.8 Å². The summed E-state index contributed by atoms with van der Waals surface area (Å²) < 4.78 is 0. The molecule has 90 valence electrons. The van der Waals surface area contributed by atoms with E-state index in [1.54, 1.807) is 0 Å². The molecule has 1 heterocycles. The van der Waals surface area contributed by atoms with Crippen LogP contribution in [0.4, 0.5) is 5.69 Å². The van der Waals surface area contributed by atoms with E-state index in [2.05, 4.69) is 11.0 Å². The number of aliphatic hydroxyl groups excluding tert-OH is 1. The molecule has 1 saturated heterocycles. The van der Waals surface area contributed by atoms with Crippen molar-refractivity contribution in [2.45, 2.75) is 19.3 Å². The van der Waals surface area contributed by atoms with Crippen LogP contribution >= 0.6 is 0 Å². The fourth-order valence-electron chi connectivity index (χ4n) is 2.55. The summed E-state index contributed by atoms with van der Waals surface area (Å²) >= 11 is 0. The Morgan fingerprint density at radius 3 is 3.00 bits per heavy atom. The highest BCUT2D eigenvalue weighted by Crippen LogP contribution is 2.27. The third kappa shape index (κ3) is 2.78. The third-order valence-corrected chi connectivity index (χ3v) is 3.42. The summed E-state index contributed by atoms with van der Waals surface area (Å²) in [4.78, 5) is 2.28. The molecule has 1 unspecified atom stereocenters. The molecule has 0 amide bonds. The van der Waals surface area contributed by atoms with Crippen molar-refractivity contribution in [1.29, 1.82) is 5.26 Å². The topological polar surface area (TPSA) is 47.3 Å². The monoisotopic (exact) mass is 230 g/mol. The first kappa shape index (κ1) is 11.9. The maximum atomic E-state index is 9.10. The molecule has 0 spiro atoms. The number of hydrogen-bond donors (Lipinski definition) is 1. The van der Waals surface area contributed by atoms with Crippen molar-refractivity contribution in [2.24, 2.45) is 5.92 Å². The van der Waals surface area contributed by atoms with E-state index in [0.29, 0.717) is 5.92 Å². The molecular weight excluding hydrogens is 212 g/mol. The molecule has 17 heavy (non-hydrogen) atoms. The normalized spacial score (nSPS) is 20.0. The fraction of sp³-hybridized carbons (Fsp3) is 0.500. The molecule has 1 N–H and O–H groups in total. The van der Waals surface area contributed by atoms with Gasteiger partial charge < -0.3 is 10.0 Å². The highest BCUT2D eigenvalue weighted by Gasteiger charge is 2.21. The Labute approximate surface area is 102 Å². The zero-order chi connectivity index (χ0) is 12.1. The van der Waals surface area contributed by atoms with E-state index in [0.717, 1.165) is 37.2 Å². The number of anilines is 1. The number of nitrogens with zero attached hydrogens (tertiary/aromatic N) is 2. The van der Waals surface area contributed by atoms with Crippen molar-refractivity contribution in [1.82, 2.24) is 0 Å². The lowest BCUT2D eigenvalue weighted by Crippen LogP contribution is -2.36. The van der Waals surface area contributed by atoms with E-state index in [-0.39, 0.29) is 6.61 Å². The van der Waals surface area contributed by atoms with Crippen molar-refractivity contribution in [3.63, 3.8) is 0 Å². The average Bonchev–Trinajstić information content (AvgIpc) is 2.39. The van der Waals surface area contributed by atoms with Crippen molar-refractivity contribution in [3.8, 4) is 6.07 Å². The van der Waals surface area contributed by atoms with Gasteiger partial charge >= 0.3 is 0 Å². The zero-order valence-corrected chi connectivity index (χ0v) is 9.97. The van der Waals surface area contributed by atoms with Crippen molar-refractivity contribution < 1.29 is 5.11 Å². The second kappa shape index (κ2) is 5.70. The van der Waals surface area contributed by atoms with Gasteiger partial charge in [-0.05, 0) is 37.3 Å². The molecule has 1 aromatic carbocycles. The van der Waals surface area contributed by atoms with Crippen LogP contribution in [0.5, 0.6) is 0 Å². The maximum absolute atomic E-state index is 9.10. The summed E-state index contributed by atoms with van der Waals surface area (Å²) in [5.74, 6) is 0.556. The second-order valence-corrected chi connectivity index (χ2v) is 4.60. The van der Waals surface area contributed by atoms with Crippen LogP contribution in [-0.2, 0) is 0 Å². The van der Waals surface area contributed by atoms with E-state index in [1.807, 2.05) is 24.3 Å². The molecule has 1 fully saturated rings. The van der Waals surface area contributed by atoms with Crippen molar-refractivity contribution in [2.75, 3.05) is 24.6 Å². The Hall–Kier alpha value is -1.53. The number of para-hydroxylation sites is 1. The lowest BCUT2D eigenvalue weighted by molar-refractivity contribution is 0.244. The molecular formula is C14H18N2O. The van der Waals surface area contributed by atoms with E-state index in [9.17, 15) is 0 Å². The van der Waals surface area contributed by atoms with Crippen LogP contribution in [-0.4, -0.2) is 24.8 Å². The standard InChI is InChI=1S/C14H18N2O/c15-10-13-5-1-2-6-14(13)16-8-3-4-12(11-16)7-9-17/h1-2,5-6,12,17H,3-4,7-9,11H2. The highest BCUT2D eigenvalue weighted by atomic mass is 16.3. The van der Waals surface area contributed by atoms with Gasteiger partial charge in [-0.1, -0.05) is 12.1 Å². The summed E-state index contributed by atoms with van der Waals surface area (Å²) in [6, 6.07) is 10.0. The van der Waals surface area contributed by atoms with Gasteiger partial charge in [0.25, 0.3) is 0 Å². The largest absolute Gasteiger partial charge is 0.396 e. The number of benzene rings is 1. The van der Waals surface area contributed by atoms with Gasteiger partial charge in [0.15, 0.2) is 0 Å². The van der Waals surface area contributed by atoms with Gasteiger partial charge in [-0.2, -0.15) is 5.26 Å². The summed E-state index contributed by atoms with van der Waals surface area (Å²) in [5.41, 5.74) is 1.79. The van der Waals surface area contributed by atoms with Gasteiger partial charge in [0.2, 0.25) is 0 Å². The third-order valence-electron chi connectivity index (χ3n) is 3.42. The molecule has 1 aliphatic heterocycles. The van der Waals surface area contributed by atoms with Gasteiger partial charge in [-0.25, -0.2) is 0 Å². The van der Waals surface area contributed by atoms with Gasteiger partial charge in [-0.3, -0.25) is 0 Å². The van der Waals surface area contributed by atoms with E-state index < -0.39 is 0 Å². The summed E-state index contributed by atoms with van der Waals surface area (Å²) in [6.07, 6.45) is 3.20. The fourth-order valence-corrected chi connectivity index (χ4v) is 2.55. The molecule has 0 aliphatic carbocycles. The smallest absolute Gasteiger partial charge is 0.101 e. The minimum absolute atomic E-state index is 0.262. The van der Waals surface area contributed by atoms with Gasteiger partial charge in [0.1, 0.15) is 6.07 Å². The predicted molar refractivity (Wildman–Crippen MR) is 67.8 cm³/mol. The average molecular weight is 230 g/mol. The molecule has 2 rings (SSSR count). The SMILES string of the molecule is N#Cc1ccccc1N1CCCC(CCO)C1. The quantitative estimate of drug-likeness (QED) is 0.865. The highest BCUT2D eigenvalue weighted by molar-refractivity contribution is 5.59. The van der Waals surface area contributed by atoms with Crippen LogP contribution in [0.15, 0.2) is 24.3 Å². The first-order chi connectivity index (χ1) is 8.35. The first-order valence-electron chi connectivity index (χ1n) is 6.20. The van der Waals surface area contributed by atoms with Crippen LogP contribution < -0.4 is 4.90 Å². The first-order valence-corrected chi connectivity index (χ1v) is 6.20. The van der Waals surface area contributed by atoms with Crippen molar-refractivity contribution in [3.05, 3.63) is 29.8 Å². The van der Waals surface area contributed by atoms with Crippen LogP contribution in [0.3, 0.4) is 0 Å². The zero-order valence-electron chi connectivity index (χ0n) is 9.97. The Morgan fingerprint density at radius 1 is 1.41 bits per heavy atom. The second-order valence-electron chi connectivity index (χ2n) is 4.60. The number of rotatable bonds is 3. The Kier molecular flexibility index (Phi) is 4.00. The van der Waals surface area contributed by atoms with Gasteiger partial charge in [-0.15, -0.1) is 0 Å². The molecule has 0 radical (unpaired) electrons. The molecule has 1 atom stereocenters. The Balaban J connectivity index is 2.14. The molecule has 0 saturated carbocycles. The van der Waals surface area contributed by atoms with Crippen molar-refractivity contribution >= 4 is 5.69 Å². The molecule has 0 bridgehead atoms. The number of piperidine rings is 1. The van der Waals surface area contributed by atoms with Gasteiger partial charge in [0, 0.05) is 19.7 Å². The van der Waals surface area contributed by atoms with Gasteiger partial charge in [0.05, 0.1) is 11.3 Å². The number of hydrogen-bond acceptors (Lipinski definition) is 3. The van der Waals surface area contributed by atoms with E-state index in [1.165, 1.54) is 6.42 Å². The molecule has 1 aromatic rings. The summed E-state index contributed by atoms with van der Waals surface area (Å²) in [7, 11) is 0. The molecule has 3 nitrogen and oxygen atoms in total. The van der Waals surface area contributed by atoms with E-state index in [4.69, 9.17) is 10.4 Å². The number of aliphatic hydroxyl groups is 1. The Bertz CT molecular complexity index is 409. The van der Waals surface area contributed by atoms with E-state index >= 15 is 0 Å². The molecule has 0 aromatic heterocycles. The Morgan fingerprint density at radius 2 is 2.24 bits per heavy atom.